The smallest absolute Gasteiger partial charge is 0.253 e. The molecule has 0 heterocycles. The van der Waals surface area contributed by atoms with Gasteiger partial charge in [0.25, 0.3) is 5.91 Å². The molecule has 0 aliphatic rings. The number of nitrogens with two attached hydrogens (primary N) is 1. The molecule has 1 rings (SSSR count). The van der Waals surface area contributed by atoms with E-state index < -0.39 is 0 Å². The second-order valence-electron chi connectivity index (χ2n) is 3.57. The summed E-state index contributed by atoms with van der Waals surface area (Å²) in [7, 11) is 1.70. The average molecular weight is 336 g/mol. The Hall–Kier alpha value is -0.650. The zero-order valence-corrected chi connectivity index (χ0v) is 12.4. The zero-order valence-electron chi connectivity index (χ0n) is 9.24. The number of halogens is 2. The molecule has 1 aromatic carbocycles. The summed E-state index contributed by atoms with van der Waals surface area (Å²) in [6.07, 6.45) is 0.516. The zero-order chi connectivity index (χ0) is 13.0. The van der Waals surface area contributed by atoms with E-state index in [2.05, 4.69) is 15.9 Å². The van der Waals surface area contributed by atoms with Crippen LogP contribution in [-0.4, -0.2) is 29.4 Å². The van der Waals surface area contributed by atoms with Gasteiger partial charge in [0, 0.05) is 30.0 Å². The van der Waals surface area contributed by atoms with Crippen molar-refractivity contribution in [1.82, 2.24) is 4.90 Å². The Morgan fingerprint density at radius 2 is 2.24 bits per heavy atom. The summed E-state index contributed by atoms with van der Waals surface area (Å²) in [4.78, 5) is 14.0. The van der Waals surface area contributed by atoms with E-state index >= 15 is 0 Å². The van der Waals surface area contributed by atoms with Gasteiger partial charge >= 0.3 is 0 Å². The van der Waals surface area contributed by atoms with Gasteiger partial charge in [-0.2, -0.15) is 0 Å². The van der Waals surface area contributed by atoms with Crippen LogP contribution >= 0.6 is 39.7 Å². The lowest BCUT2D eigenvalue weighted by Crippen LogP contribution is -2.30. The molecule has 0 aliphatic heterocycles. The molecule has 3 nitrogen and oxygen atoms in total. The predicted octanol–water partition coefficient (Wildman–Crippen LogP) is 2.85. The highest BCUT2D eigenvalue weighted by atomic mass is 79.9. The Morgan fingerprint density at radius 1 is 1.59 bits per heavy atom. The van der Waals surface area contributed by atoms with Gasteiger partial charge in [-0.1, -0.05) is 23.8 Å². The van der Waals surface area contributed by atoms with Gasteiger partial charge in [0.05, 0.1) is 10.0 Å². The number of carbonyl (C=O) groups excluding carboxylic acids is 1. The first-order chi connectivity index (χ1) is 7.91. The van der Waals surface area contributed by atoms with Crippen molar-refractivity contribution >= 4 is 50.6 Å². The maximum absolute atomic E-state index is 12.0. The molecule has 0 aromatic heterocycles. The van der Waals surface area contributed by atoms with Crippen molar-refractivity contribution in [3.05, 3.63) is 33.3 Å². The van der Waals surface area contributed by atoms with Crippen molar-refractivity contribution in [2.45, 2.75) is 6.42 Å². The minimum Gasteiger partial charge on any atom is -0.393 e. The van der Waals surface area contributed by atoms with Crippen molar-refractivity contribution in [2.24, 2.45) is 5.73 Å². The standard InChI is InChI=1S/C11H12BrClN2OS/c1-15(5-4-10(14)17)11(16)7-2-3-8(12)9(13)6-7/h2-3,6H,4-5H2,1H3,(H2,14,17). The van der Waals surface area contributed by atoms with Crippen LogP contribution in [0.1, 0.15) is 16.8 Å². The number of carbonyl (C=O) groups is 1. The maximum Gasteiger partial charge on any atom is 0.253 e. The van der Waals surface area contributed by atoms with Crippen LogP contribution in [0.15, 0.2) is 22.7 Å². The number of thiocarbonyl (C=S) groups is 1. The minimum atomic E-state index is -0.101. The average Bonchev–Trinajstić information content (AvgIpc) is 2.28. The summed E-state index contributed by atoms with van der Waals surface area (Å²) in [5.41, 5.74) is 5.93. The molecule has 0 fully saturated rings. The van der Waals surface area contributed by atoms with E-state index in [0.29, 0.717) is 28.5 Å². The Morgan fingerprint density at radius 3 is 2.76 bits per heavy atom. The van der Waals surface area contributed by atoms with E-state index in [9.17, 15) is 4.79 Å². The van der Waals surface area contributed by atoms with E-state index in [-0.39, 0.29) is 5.91 Å². The van der Waals surface area contributed by atoms with Gasteiger partial charge in [-0.3, -0.25) is 4.79 Å². The fourth-order valence-corrected chi connectivity index (χ4v) is 1.75. The lowest BCUT2D eigenvalue weighted by Gasteiger charge is -2.17. The number of amides is 1. The molecule has 92 valence electrons. The molecule has 6 heteroatoms. The molecule has 1 aromatic rings. The van der Waals surface area contributed by atoms with E-state index in [0.717, 1.165) is 4.47 Å². The summed E-state index contributed by atoms with van der Waals surface area (Å²) in [5.74, 6) is -0.101. The van der Waals surface area contributed by atoms with Crippen molar-refractivity contribution in [3.63, 3.8) is 0 Å². The second-order valence-corrected chi connectivity index (χ2v) is 5.36. The summed E-state index contributed by atoms with van der Waals surface area (Å²) in [5, 5.41) is 0.513. The first-order valence-corrected chi connectivity index (χ1v) is 6.48. The molecule has 17 heavy (non-hydrogen) atoms. The summed E-state index contributed by atoms with van der Waals surface area (Å²) >= 11 is 14.0. The van der Waals surface area contributed by atoms with E-state index in [1.807, 2.05) is 0 Å². The van der Waals surface area contributed by atoms with Crippen molar-refractivity contribution in [1.29, 1.82) is 0 Å². The fraction of sp³-hybridized carbons (Fsp3) is 0.273. The minimum absolute atomic E-state index is 0.101. The highest BCUT2D eigenvalue weighted by Crippen LogP contribution is 2.23. The largest absolute Gasteiger partial charge is 0.393 e. The highest BCUT2D eigenvalue weighted by Gasteiger charge is 2.12. The highest BCUT2D eigenvalue weighted by molar-refractivity contribution is 9.10. The quantitative estimate of drug-likeness (QED) is 0.861. The molecule has 0 saturated carbocycles. The van der Waals surface area contributed by atoms with Crippen molar-refractivity contribution < 1.29 is 4.79 Å². The Bertz CT molecular complexity index is 453. The Labute approximate surface area is 119 Å². The van der Waals surface area contributed by atoms with Crippen LogP contribution in [0.25, 0.3) is 0 Å². The van der Waals surface area contributed by atoms with Gasteiger partial charge < -0.3 is 10.6 Å². The molecule has 2 N–H and O–H groups in total. The van der Waals surface area contributed by atoms with Crippen LogP contribution in [0.3, 0.4) is 0 Å². The molecular weight excluding hydrogens is 324 g/mol. The predicted molar refractivity (Wildman–Crippen MR) is 77.5 cm³/mol. The van der Waals surface area contributed by atoms with Gasteiger partial charge in [-0.05, 0) is 34.1 Å². The topological polar surface area (TPSA) is 46.3 Å². The van der Waals surface area contributed by atoms with E-state index in [1.165, 1.54) is 0 Å². The lowest BCUT2D eigenvalue weighted by molar-refractivity contribution is 0.0799. The van der Waals surface area contributed by atoms with Gasteiger partial charge in [-0.25, -0.2) is 0 Å². The van der Waals surface area contributed by atoms with Crippen LogP contribution in [-0.2, 0) is 0 Å². The van der Waals surface area contributed by atoms with Crippen LogP contribution in [0.2, 0.25) is 5.02 Å². The van der Waals surface area contributed by atoms with E-state index in [1.54, 1.807) is 30.1 Å². The van der Waals surface area contributed by atoms with Crippen LogP contribution < -0.4 is 5.73 Å². The SMILES string of the molecule is CN(CCC(N)=S)C(=O)c1ccc(Br)c(Cl)c1. The first kappa shape index (κ1) is 14.4. The molecule has 0 aliphatic carbocycles. The number of benzene rings is 1. The molecule has 0 unspecified atom stereocenters. The van der Waals surface area contributed by atoms with Crippen molar-refractivity contribution in [3.8, 4) is 0 Å². The summed E-state index contributed by atoms with van der Waals surface area (Å²) in [6.45, 7) is 0.502. The van der Waals surface area contributed by atoms with Gasteiger partial charge in [0.15, 0.2) is 0 Å². The van der Waals surface area contributed by atoms with Gasteiger partial charge in [0.1, 0.15) is 0 Å². The third kappa shape index (κ3) is 4.26. The van der Waals surface area contributed by atoms with Gasteiger partial charge in [0.2, 0.25) is 0 Å². The van der Waals surface area contributed by atoms with Crippen LogP contribution in [0, 0.1) is 0 Å². The van der Waals surface area contributed by atoms with Crippen LogP contribution in [0.4, 0.5) is 0 Å². The second kappa shape index (κ2) is 6.33. The molecular formula is C11H12BrClN2OS. The normalized spacial score (nSPS) is 10.1. The first-order valence-electron chi connectivity index (χ1n) is 4.90. The molecule has 0 atom stereocenters. The maximum atomic E-state index is 12.0. The molecule has 1 amide bonds. The molecule has 0 spiro atoms. The number of hydrogen-bond acceptors (Lipinski definition) is 2. The Balaban J connectivity index is 2.74. The summed E-state index contributed by atoms with van der Waals surface area (Å²) < 4.78 is 0.765. The summed E-state index contributed by atoms with van der Waals surface area (Å²) in [6, 6.07) is 5.10. The molecule has 0 radical (unpaired) electrons. The third-order valence-electron chi connectivity index (χ3n) is 2.21. The lowest BCUT2D eigenvalue weighted by atomic mass is 10.2. The number of hydrogen-bond donors (Lipinski definition) is 1. The molecule has 0 bridgehead atoms. The third-order valence-corrected chi connectivity index (χ3v) is 3.64. The van der Waals surface area contributed by atoms with Crippen LogP contribution in [0.5, 0.6) is 0 Å². The Kier molecular flexibility index (Phi) is 5.36. The number of nitrogens with zero attached hydrogens (tertiary/aromatic N) is 1. The molecule has 0 saturated heterocycles. The monoisotopic (exact) mass is 334 g/mol. The van der Waals surface area contributed by atoms with E-state index in [4.69, 9.17) is 29.6 Å². The fourth-order valence-electron chi connectivity index (χ4n) is 1.23. The van der Waals surface area contributed by atoms with Crippen molar-refractivity contribution in [2.75, 3.05) is 13.6 Å². The van der Waals surface area contributed by atoms with Gasteiger partial charge in [-0.15, -0.1) is 0 Å². The number of rotatable bonds is 4.